The van der Waals surface area contributed by atoms with Crippen LogP contribution in [-0.4, -0.2) is 17.1 Å². The second-order valence-electron chi connectivity index (χ2n) is 4.98. The number of nitrogens with zero attached hydrogens (tertiary/aromatic N) is 1. The summed E-state index contributed by atoms with van der Waals surface area (Å²) in [7, 11) is 0. The van der Waals surface area contributed by atoms with Crippen LogP contribution in [0.1, 0.15) is 25.7 Å². The number of carbonyl (C=O) groups is 1. The van der Waals surface area contributed by atoms with Crippen LogP contribution >= 0.6 is 11.3 Å². The highest BCUT2D eigenvalue weighted by molar-refractivity contribution is 7.14. The Kier molecular flexibility index (Phi) is 3.97. The third-order valence-electron chi connectivity index (χ3n) is 3.48. The van der Waals surface area contributed by atoms with Gasteiger partial charge in [0.05, 0.1) is 5.69 Å². The summed E-state index contributed by atoms with van der Waals surface area (Å²) < 4.78 is 0. The quantitative estimate of drug-likeness (QED) is 0.900. The van der Waals surface area contributed by atoms with Crippen LogP contribution in [0.2, 0.25) is 0 Å². The molecule has 2 aromatic rings. The molecule has 0 radical (unpaired) electrons. The molecule has 0 aliphatic heterocycles. The van der Waals surface area contributed by atoms with E-state index in [1.165, 1.54) is 24.2 Å². The Morgan fingerprint density at radius 2 is 1.95 bits per heavy atom. The van der Waals surface area contributed by atoms with Gasteiger partial charge in [-0.05, 0) is 12.8 Å². The topological polar surface area (TPSA) is 54.0 Å². The van der Waals surface area contributed by atoms with Crippen molar-refractivity contribution in [3.05, 3.63) is 35.7 Å². The van der Waals surface area contributed by atoms with E-state index in [0.29, 0.717) is 11.2 Å². The summed E-state index contributed by atoms with van der Waals surface area (Å²) in [4.78, 5) is 16.3. The highest BCUT2D eigenvalue weighted by atomic mass is 32.1. The first-order valence-electron chi connectivity index (χ1n) is 6.90. The van der Waals surface area contributed by atoms with E-state index in [9.17, 15) is 4.79 Å². The van der Waals surface area contributed by atoms with Gasteiger partial charge in [0, 0.05) is 17.0 Å². The Morgan fingerprint density at radius 1 is 1.20 bits per heavy atom. The van der Waals surface area contributed by atoms with Gasteiger partial charge in [0.1, 0.15) is 0 Å². The highest BCUT2D eigenvalue weighted by Crippen LogP contribution is 2.24. The normalized spacial score (nSPS) is 15.2. The molecule has 0 bridgehead atoms. The molecule has 20 heavy (non-hydrogen) atoms. The maximum Gasteiger partial charge on any atom is 0.321 e. The van der Waals surface area contributed by atoms with E-state index in [2.05, 4.69) is 15.6 Å². The van der Waals surface area contributed by atoms with Gasteiger partial charge in [-0.1, -0.05) is 43.2 Å². The van der Waals surface area contributed by atoms with Gasteiger partial charge >= 0.3 is 6.03 Å². The molecular weight excluding hydrogens is 270 g/mol. The standard InChI is InChI=1S/C15H17N3OS/c19-14(16-12-8-4-5-9-12)18-15-17-13(10-20-15)11-6-2-1-3-7-11/h1-3,6-7,10,12H,4-5,8-9H2,(H2,16,17,18,19). The van der Waals surface area contributed by atoms with Crippen LogP contribution in [0, 0.1) is 0 Å². The zero-order chi connectivity index (χ0) is 13.8. The van der Waals surface area contributed by atoms with E-state index in [4.69, 9.17) is 0 Å². The summed E-state index contributed by atoms with van der Waals surface area (Å²) in [6.45, 7) is 0. The van der Waals surface area contributed by atoms with Crippen LogP contribution in [0.15, 0.2) is 35.7 Å². The number of hydrogen-bond acceptors (Lipinski definition) is 3. The van der Waals surface area contributed by atoms with Crippen molar-refractivity contribution in [1.82, 2.24) is 10.3 Å². The molecule has 2 N–H and O–H groups in total. The van der Waals surface area contributed by atoms with E-state index in [-0.39, 0.29) is 6.03 Å². The molecule has 2 amide bonds. The molecule has 0 saturated heterocycles. The number of thiazole rings is 1. The number of nitrogens with one attached hydrogen (secondary N) is 2. The van der Waals surface area contributed by atoms with Gasteiger partial charge in [-0.15, -0.1) is 11.3 Å². The lowest BCUT2D eigenvalue weighted by atomic mass is 10.2. The van der Waals surface area contributed by atoms with Crippen molar-refractivity contribution < 1.29 is 4.79 Å². The fraction of sp³-hybridized carbons (Fsp3) is 0.333. The van der Waals surface area contributed by atoms with E-state index >= 15 is 0 Å². The zero-order valence-electron chi connectivity index (χ0n) is 11.1. The first-order chi connectivity index (χ1) is 9.81. The Labute approximate surface area is 122 Å². The van der Waals surface area contributed by atoms with Gasteiger partial charge in [0.15, 0.2) is 5.13 Å². The summed E-state index contributed by atoms with van der Waals surface area (Å²) in [5.74, 6) is 0. The summed E-state index contributed by atoms with van der Waals surface area (Å²) in [5, 5.41) is 8.41. The molecule has 5 heteroatoms. The van der Waals surface area contributed by atoms with Crippen LogP contribution in [0.3, 0.4) is 0 Å². The van der Waals surface area contributed by atoms with Crippen LogP contribution < -0.4 is 10.6 Å². The number of aromatic nitrogens is 1. The molecule has 4 nitrogen and oxygen atoms in total. The average Bonchev–Trinajstić information content (AvgIpc) is 3.11. The molecule has 1 aliphatic carbocycles. The summed E-state index contributed by atoms with van der Waals surface area (Å²) >= 11 is 1.45. The first kappa shape index (κ1) is 13.1. The lowest BCUT2D eigenvalue weighted by molar-refractivity contribution is 0.248. The Hall–Kier alpha value is -1.88. The molecule has 1 fully saturated rings. The lowest BCUT2D eigenvalue weighted by Crippen LogP contribution is -2.36. The Bertz CT molecular complexity index is 576. The maximum atomic E-state index is 11.9. The lowest BCUT2D eigenvalue weighted by Gasteiger charge is -2.11. The number of carbonyl (C=O) groups excluding carboxylic acids is 1. The largest absolute Gasteiger partial charge is 0.335 e. The number of anilines is 1. The molecular formula is C15H17N3OS. The predicted octanol–water partition coefficient (Wildman–Crippen LogP) is 3.87. The molecule has 0 unspecified atom stereocenters. The molecule has 104 valence electrons. The maximum absolute atomic E-state index is 11.9. The number of hydrogen-bond donors (Lipinski definition) is 2. The average molecular weight is 287 g/mol. The van der Waals surface area contributed by atoms with Crippen molar-refractivity contribution in [2.24, 2.45) is 0 Å². The van der Waals surface area contributed by atoms with Crippen LogP contribution in [0.5, 0.6) is 0 Å². The molecule has 1 heterocycles. The summed E-state index contributed by atoms with van der Waals surface area (Å²) in [5.41, 5.74) is 1.96. The molecule has 1 aromatic carbocycles. The van der Waals surface area contributed by atoms with Crippen molar-refractivity contribution in [3.8, 4) is 11.3 Å². The minimum absolute atomic E-state index is 0.147. The van der Waals surface area contributed by atoms with Gasteiger partial charge in [-0.3, -0.25) is 5.32 Å². The molecule has 1 saturated carbocycles. The number of urea groups is 1. The first-order valence-corrected chi connectivity index (χ1v) is 7.78. The van der Waals surface area contributed by atoms with Gasteiger partial charge in [-0.25, -0.2) is 9.78 Å². The van der Waals surface area contributed by atoms with Crippen LogP contribution in [-0.2, 0) is 0 Å². The van der Waals surface area contributed by atoms with Crippen molar-refractivity contribution in [1.29, 1.82) is 0 Å². The van der Waals surface area contributed by atoms with E-state index in [0.717, 1.165) is 24.1 Å². The third-order valence-corrected chi connectivity index (χ3v) is 4.24. The van der Waals surface area contributed by atoms with Gasteiger partial charge in [0.25, 0.3) is 0 Å². The predicted molar refractivity (Wildman–Crippen MR) is 82.0 cm³/mol. The van der Waals surface area contributed by atoms with Crippen molar-refractivity contribution in [3.63, 3.8) is 0 Å². The smallest absolute Gasteiger partial charge is 0.321 e. The zero-order valence-corrected chi connectivity index (χ0v) is 12.0. The molecule has 0 spiro atoms. The number of benzene rings is 1. The van der Waals surface area contributed by atoms with E-state index in [1.807, 2.05) is 35.7 Å². The van der Waals surface area contributed by atoms with Crippen molar-refractivity contribution >= 4 is 22.5 Å². The van der Waals surface area contributed by atoms with Crippen LogP contribution in [0.25, 0.3) is 11.3 Å². The third kappa shape index (κ3) is 3.17. The molecule has 0 atom stereocenters. The molecule has 3 rings (SSSR count). The number of rotatable bonds is 3. The SMILES string of the molecule is O=C(Nc1nc(-c2ccccc2)cs1)NC1CCCC1. The van der Waals surface area contributed by atoms with E-state index < -0.39 is 0 Å². The second kappa shape index (κ2) is 6.05. The minimum Gasteiger partial charge on any atom is -0.335 e. The Morgan fingerprint density at radius 3 is 2.70 bits per heavy atom. The van der Waals surface area contributed by atoms with Crippen LogP contribution in [0.4, 0.5) is 9.93 Å². The van der Waals surface area contributed by atoms with Gasteiger partial charge in [0.2, 0.25) is 0 Å². The van der Waals surface area contributed by atoms with E-state index in [1.54, 1.807) is 0 Å². The van der Waals surface area contributed by atoms with Crippen molar-refractivity contribution in [2.75, 3.05) is 5.32 Å². The highest BCUT2D eigenvalue weighted by Gasteiger charge is 2.17. The van der Waals surface area contributed by atoms with Gasteiger partial charge in [-0.2, -0.15) is 0 Å². The molecule has 1 aromatic heterocycles. The fourth-order valence-electron chi connectivity index (χ4n) is 2.46. The van der Waals surface area contributed by atoms with Gasteiger partial charge < -0.3 is 5.32 Å². The summed E-state index contributed by atoms with van der Waals surface area (Å²) in [6, 6.07) is 10.1. The second-order valence-corrected chi connectivity index (χ2v) is 5.84. The fourth-order valence-corrected chi connectivity index (χ4v) is 3.18. The Balaban J connectivity index is 1.61. The molecule has 1 aliphatic rings. The van der Waals surface area contributed by atoms with Crippen molar-refractivity contribution in [2.45, 2.75) is 31.7 Å². The minimum atomic E-state index is -0.147. The number of amides is 2. The summed E-state index contributed by atoms with van der Waals surface area (Å²) in [6.07, 6.45) is 4.59. The monoisotopic (exact) mass is 287 g/mol.